The monoisotopic (exact) mass is 163 g/mol. The quantitative estimate of drug-likeness (QED) is 0.574. The third kappa shape index (κ3) is 2.20. The minimum Gasteiger partial charge on any atom is -0.263 e. The van der Waals surface area contributed by atoms with Crippen LogP contribution >= 0.6 is 23.2 Å². The second kappa shape index (κ2) is 3.70. The molecular formula is C6H7Cl2N. The lowest BCUT2D eigenvalue weighted by Gasteiger charge is -1.87. The molecular weight excluding hydrogens is 157 g/mol. The first-order chi connectivity index (χ1) is 3.80. The van der Waals surface area contributed by atoms with Crippen molar-refractivity contribution in [2.45, 2.75) is 7.43 Å². The Hall–Kier alpha value is -0.270. The number of aromatic nitrogens is 1. The van der Waals surface area contributed by atoms with Crippen LogP contribution in [0.25, 0.3) is 0 Å². The molecule has 1 rings (SSSR count). The topological polar surface area (TPSA) is 12.9 Å². The third-order valence-electron chi connectivity index (χ3n) is 0.723. The zero-order chi connectivity index (χ0) is 5.98. The van der Waals surface area contributed by atoms with E-state index in [1.165, 1.54) is 6.20 Å². The van der Waals surface area contributed by atoms with Gasteiger partial charge in [0.05, 0.1) is 10.0 Å². The van der Waals surface area contributed by atoms with E-state index in [1.54, 1.807) is 12.3 Å². The molecule has 9 heavy (non-hydrogen) atoms. The summed E-state index contributed by atoms with van der Waals surface area (Å²) in [5.41, 5.74) is 0. The van der Waals surface area contributed by atoms with Crippen LogP contribution in [0, 0.1) is 0 Å². The average Bonchev–Trinajstić information content (AvgIpc) is 1.77. The van der Waals surface area contributed by atoms with Crippen LogP contribution in [0.1, 0.15) is 7.43 Å². The molecule has 0 aliphatic heterocycles. The van der Waals surface area contributed by atoms with E-state index < -0.39 is 0 Å². The summed E-state index contributed by atoms with van der Waals surface area (Å²) in [6.07, 6.45) is 3.10. The van der Waals surface area contributed by atoms with Gasteiger partial charge in [0, 0.05) is 12.4 Å². The number of pyridine rings is 1. The second-order valence-electron chi connectivity index (χ2n) is 1.29. The molecule has 0 unspecified atom stereocenters. The Labute approximate surface area is 64.6 Å². The van der Waals surface area contributed by atoms with Crippen molar-refractivity contribution in [2.75, 3.05) is 0 Å². The first-order valence-corrected chi connectivity index (χ1v) is 2.81. The Balaban J connectivity index is 0.000000640. The molecule has 0 fully saturated rings. The zero-order valence-corrected chi connectivity index (χ0v) is 5.45. The van der Waals surface area contributed by atoms with Gasteiger partial charge in [-0.2, -0.15) is 0 Å². The summed E-state index contributed by atoms with van der Waals surface area (Å²) in [5.74, 6) is 0. The van der Waals surface area contributed by atoms with E-state index in [0.717, 1.165) is 0 Å². The van der Waals surface area contributed by atoms with Gasteiger partial charge in [-0.15, -0.1) is 0 Å². The van der Waals surface area contributed by atoms with Crippen molar-refractivity contribution in [3.63, 3.8) is 0 Å². The Morgan fingerprint density at radius 2 is 1.89 bits per heavy atom. The molecule has 0 amide bonds. The van der Waals surface area contributed by atoms with E-state index in [2.05, 4.69) is 4.98 Å². The van der Waals surface area contributed by atoms with Crippen LogP contribution in [0.3, 0.4) is 0 Å². The summed E-state index contributed by atoms with van der Waals surface area (Å²) in [6.45, 7) is 0. The molecule has 0 N–H and O–H groups in total. The normalized spacial score (nSPS) is 8.22. The van der Waals surface area contributed by atoms with Crippen molar-refractivity contribution in [1.82, 2.24) is 4.98 Å². The van der Waals surface area contributed by atoms with Gasteiger partial charge in [-0.05, 0) is 6.07 Å². The number of rotatable bonds is 0. The third-order valence-corrected chi connectivity index (χ3v) is 1.45. The van der Waals surface area contributed by atoms with Crippen LogP contribution in [-0.4, -0.2) is 4.98 Å². The summed E-state index contributed by atoms with van der Waals surface area (Å²) < 4.78 is 0. The molecule has 0 aliphatic rings. The summed E-state index contributed by atoms with van der Waals surface area (Å²) in [7, 11) is 0. The lowest BCUT2D eigenvalue weighted by molar-refractivity contribution is 1.33. The van der Waals surface area contributed by atoms with Crippen molar-refractivity contribution in [3.8, 4) is 0 Å². The van der Waals surface area contributed by atoms with Crippen LogP contribution < -0.4 is 0 Å². The summed E-state index contributed by atoms with van der Waals surface area (Å²) in [4.78, 5) is 3.73. The van der Waals surface area contributed by atoms with Gasteiger partial charge in [0.2, 0.25) is 0 Å². The maximum atomic E-state index is 5.54. The van der Waals surface area contributed by atoms with E-state index in [4.69, 9.17) is 23.2 Å². The highest BCUT2D eigenvalue weighted by Gasteiger charge is 1.90. The highest BCUT2D eigenvalue weighted by Crippen LogP contribution is 2.17. The largest absolute Gasteiger partial charge is 0.263 e. The van der Waals surface area contributed by atoms with E-state index in [0.29, 0.717) is 10.0 Å². The van der Waals surface area contributed by atoms with Crippen molar-refractivity contribution in [1.29, 1.82) is 0 Å². The molecule has 0 saturated carbocycles. The van der Waals surface area contributed by atoms with E-state index in [1.807, 2.05) is 0 Å². The zero-order valence-electron chi connectivity index (χ0n) is 3.94. The molecule has 0 bridgehead atoms. The SMILES string of the molecule is C.Clc1ccncc1Cl. The van der Waals surface area contributed by atoms with E-state index >= 15 is 0 Å². The molecule has 1 aromatic rings. The Kier molecular flexibility index (Phi) is 3.59. The van der Waals surface area contributed by atoms with Gasteiger partial charge in [-0.1, -0.05) is 30.6 Å². The maximum Gasteiger partial charge on any atom is 0.0775 e. The lowest BCUT2D eigenvalue weighted by atomic mass is 10.5. The molecule has 0 radical (unpaired) electrons. The molecule has 0 atom stereocenters. The molecule has 1 heterocycles. The van der Waals surface area contributed by atoms with Crippen molar-refractivity contribution in [2.24, 2.45) is 0 Å². The first-order valence-electron chi connectivity index (χ1n) is 2.06. The lowest BCUT2D eigenvalue weighted by Crippen LogP contribution is -1.68. The first kappa shape index (κ1) is 8.73. The maximum absolute atomic E-state index is 5.54. The highest BCUT2D eigenvalue weighted by molar-refractivity contribution is 6.41. The minimum atomic E-state index is 0. The van der Waals surface area contributed by atoms with Gasteiger partial charge >= 0.3 is 0 Å². The van der Waals surface area contributed by atoms with Crippen LogP contribution in [0.2, 0.25) is 10.0 Å². The van der Waals surface area contributed by atoms with Gasteiger partial charge in [0.15, 0.2) is 0 Å². The average molecular weight is 164 g/mol. The number of hydrogen-bond acceptors (Lipinski definition) is 1. The molecule has 0 aromatic carbocycles. The van der Waals surface area contributed by atoms with E-state index in [9.17, 15) is 0 Å². The van der Waals surface area contributed by atoms with Crippen LogP contribution in [-0.2, 0) is 0 Å². The van der Waals surface area contributed by atoms with Gasteiger partial charge < -0.3 is 0 Å². The fourth-order valence-corrected chi connectivity index (χ4v) is 0.583. The predicted molar refractivity (Wildman–Crippen MR) is 41.0 cm³/mol. The highest BCUT2D eigenvalue weighted by atomic mass is 35.5. The van der Waals surface area contributed by atoms with Crippen LogP contribution in [0.4, 0.5) is 0 Å². The smallest absolute Gasteiger partial charge is 0.0775 e. The van der Waals surface area contributed by atoms with Crippen LogP contribution in [0.15, 0.2) is 18.5 Å². The molecule has 0 saturated heterocycles. The molecule has 0 spiro atoms. The number of halogens is 2. The molecule has 50 valence electrons. The summed E-state index contributed by atoms with van der Waals surface area (Å²) >= 11 is 11.1. The van der Waals surface area contributed by atoms with Crippen molar-refractivity contribution in [3.05, 3.63) is 28.5 Å². The molecule has 1 aromatic heterocycles. The van der Waals surface area contributed by atoms with Crippen LogP contribution in [0.5, 0.6) is 0 Å². The number of nitrogens with zero attached hydrogens (tertiary/aromatic N) is 1. The Morgan fingerprint density at radius 1 is 1.22 bits per heavy atom. The molecule has 1 nitrogen and oxygen atoms in total. The number of hydrogen-bond donors (Lipinski definition) is 0. The second-order valence-corrected chi connectivity index (χ2v) is 2.10. The van der Waals surface area contributed by atoms with Gasteiger partial charge in [-0.25, -0.2) is 0 Å². The minimum absolute atomic E-state index is 0. The Morgan fingerprint density at radius 3 is 2.22 bits per heavy atom. The molecule has 0 aliphatic carbocycles. The van der Waals surface area contributed by atoms with Crippen molar-refractivity contribution < 1.29 is 0 Å². The van der Waals surface area contributed by atoms with Gasteiger partial charge in [0.25, 0.3) is 0 Å². The summed E-state index contributed by atoms with van der Waals surface area (Å²) in [5, 5.41) is 1.04. The van der Waals surface area contributed by atoms with Crippen molar-refractivity contribution >= 4 is 23.2 Å². The fourth-order valence-electron chi connectivity index (χ4n) is 0.358. The summed E-state index contributed by atoms with van der Waals surface area (Å²) in [6, 6.07) is 1.64. The van der Waals surface area contributed by atoms with Gasteiger partial charge in [0.1, 0.15) is 0 Å². The molecule has 3 heteroatoms. The fraction of sp³-hybridized carbons (Fsp3) is 0.167. The van der Waals surface area contributed by atoms with E-state index in [-0.39, 0.29) is 7.43 Å². The Bertz CT molecular complexity index is 167. The standard InChI is InChI=1S/C5H3Cl2N.CH4/c6-4-1-2-8-3-5(4)7;/h1-3H;1H4. The predicted octanol–water partition coefficient (Wildman–Crippen LogP) is 3.02. The van der Waals surface area contributed by atoms with Gasteiger partial charge in [-0.3, -0.25) is 4.98 Å².